The lowest BCUT2D eigenvalue weighted by Crippen LogP contribution is -2.43. The zero-order valence-electron chi connectivity index (χ0n) is 10.0. The molecule has 0 saturated heterocycles. The van der Waals surface area contributed by atoms with Crippen LogP contribution in [0.5, 0.6) is 0 Å². The van der Waals surface area contributed by atoms with Gasteiger partial charge in [0.15, 0.2) is 4.90 Å². The molecule has 0 atom stereocenters. The lowest BCUT2D eigenvalue weighted by atomic mass is 10.1. The molecule has 0 aliphatic rings. The van der Waals surface area contributed by atoms with Crippen LogP contribution in [0.2, 0.25) is 0 Å². The normalized spacial score (nSPS) is 12.7. The van der Waals surface area contributed by atoms with Crippen LogP contribution in [0.15, 0.2) is 14.5 Å². The molecular formula is C9H15N3O4S. The van der Waals surface area contributed by atoms with E-state index in [1.54, 1.807) is 20.8 Å². The van der Waals surface area contributed by atoms with Gasteiger partial charge in [-0.05, 0) is 27.7 Å². The smallest absolute Gasteiger partial charge is 0.310 e. The highest BCUT2D eigenvalue weighted by Gasteiger charge is 2.26. The van der Waals surface area contributed by atoms with Crippen molar-refractivity contribution >= 4 is 10.0 Å². The van der Waals surface area contributed by atoms with Crippen molar-refractivity contribution in [3.63, 3.8) is 0 Å². The van der Waals surface area contributed by atoms with E-state index in [2.05, 4.69) is 9.71 Å². The summed E-state index contributed by atoms with van der Waals surface area (Å²) in [7, 11) is -3.96. The number of aromatic amines is 2. The van der Waals surface area contributed by atoms with Gasteiger partial charge in [-0.1, -0.05) is 0 Å². The largest absolute Gasteiger partial charge is 0.325 e. The molecule has 0 spiro atoms. The molecule has 0 radical (unpaired) electrons. The lowest BCUT2D eigenvalue weighted by Gasteiger charge is -2.20. The van der Waals surface area contributed by atoms with Crippen LogP contribution in [0.1, 0.15) is 26.5 Å². The predicted molar refractivity (Wildman–Crippen MR) is 62.5 cm³/mol. The molecule has 1 rings (SSSR count). The average Bonchev–Trinajstić information content (AvgIpc) is 1.93. The molecular weight excluding hydrogens is 246 g/mol. The molecule has 3 N–H and O–H groups in total. The highest BCUT2D eigenvalue weighted by Crippen LogP contribution is 2.10. The monoisotopic (exact) mass is 261 g/mol. The van der Waals surface area contributed by atoms with Gasteiger partial charge in [-0.2, -0.15) is 0 Å². The van der Waals surface area contributed by atoms with E-state index in [9.17, 15) is 18.0 Å². The van der Waals surface area contributed by atoms with Crippen molar-refractivity contribution in [1.82, 2.24) is 14.7 Å². The summed E-state index contributed by atoms with van der Waals surface area (Å²) in [6.45, 7) is 6.31. The van der Waals surface area contributed by atoms with Crippen molar-refractivity contribution in [3.8, 4) is 0 Å². The van der Waals surface area contributed by atoms with Gasteiger partial charge in [0.2, 0.25) is 10.0 Å². The quantitative estimate of drug-likeness (QED) is 0.663. The Bertz CT molecular complexity index is 633. The standard InChI is InChI=1S/C9H15N3O4S/c1-5-6(7(13)11-8(14)10-5)17(15,16)12-9(2,3)4/h12H,1-4H3,(H2,10,11,13,14). The second-order valence-corrected chi connectivity index (χ2v) is 6.34. The van der Waals surface area contributed by atoms with E-state index in [1.807, 2.05) is 4.98 Å². The maximum atomic E-state index is 11.9. The number of aryl methyl sites for hydroxylation is 1. The van der Waals surface area contributed by atoms with Crippen LogP contribution in [0, 0.1) is 6.92 Å². The summed E-state index contributed by atoms with van der Waals surface area (Å²) in [5.41, 5.74) is -2.37. The summed E-state index contributed by atoms with van der Waals surface area (Å²) in [6, 6.07) is 0. The summed E-state index contributed by atoms with van der Waals surface area (Å²) >= 11 is 0. The molecule has 0 saturated carbocycles. The molecule has 1 heterocycles. The summed E-state index contributed by atoms with van der Waals surface area (Å²) in [5, 5.41) is 0. The minimum absolute atomic E-state index is 0.00972. The van der Waals surface area contributed by atoms with Gasteiger partial charge < -0.3 is 4.98 Å². The first-order valence-electron chi connectivity index (χ1n) is 4.90. The second-order valence-electron chi connectivity index (χ2n) is 4.72. The summed E-state index contributed by atoms with van der Waals surface area (Å²) < 4.78 is 26.2. The zero-order chi connectivity index (χ0) is 13.4. The van der Waals surface area contributed by atoms with E-state index in [0.29, 0.717) is 0 Å². The summed E-state index contributed by atoms with van der Waals surface area (Å²) in [6.07, 6.45) is 0. The topological polar surface area (TPSA) is 112 Å². The van der Waals surface area contributed by atoms with E-state index >= 15 is 0 Å². The Labute approximate surface area is 98.3 Å². The van der Waals surface area contributed by atoms with Crippen LogP contribution in [-0.2, 0) is 10.0 Å². The SMILES string of the molecule is Cc1[nH]c(=O)[nH]c(=O)c1S(=O)(=O)NC(C)(C)C. The number of rotatable bonds is 2. The fourth-order valence-electron chi connectivity index (χ4n) is 1.37. The number of H-pyrrole nitrogens is 2. The zero-order valence-corrected chi connectivity index (χ0v) is 10.9. The molecule has 17 heavy (non-hydrogen) atoms. The third-order valence-electron chi connectivity index (χ3n) is 1.78. The van der Waals surface area contributed by atoms with Crippen LogP contribution in [0.3, 0.4) is 0 Å². The Balaban J connectivity index is 3.46. The fraction of sp³-hybridized carbons (Fsp3) is 0.556. The molecule has 0 fully saturated rings. The number of hydrogen-bond acceptors (Lipinski definition) is 4. The van der Waals surface area contributed by atoms with Crippen LogP contribution in [-0.4, -0.2) is 23.9 Å². The molecule has 0 unspecified atom stereocenters. The second kappa shape index (κ2) is 4.11. The number of hydrogen-bond donors (Lipinski definition) is 3. The first kappa shape index (κ1) is 13.7. The van der Waals surface area contributed by atoms with Gasteiger partial charge in [-0.15, -0.1) is 0 Å². The Morgan fingerprint density at radius 1 is 1.12 bits per heavy atom. The van der Waals surface area contributed by atoms with E-state index in [4.69, 9.17) is 0 Å². The first-order valence-corrected chi connectivity index (χ1v) is 6.38. The predicted octanol–water partition coefficient (Wildman–Crippen LogP) is -0.552. The van der Waals surface area contributed by atoms with Crippen LogP contribution in [0.4, 0.5) is 0 Å². The number of sulfonamides is 1. The summed E-state index contributed by atoms with van der Waals surface area (Å²) in [4.78, 5) is 26.1. The van der Waals surface area contributed by atoms with Gasteiger partial charge in [0.25, 0.3) is 5.56 Å². The molecule has 7 nitrogen and oxygen atoms in total. The molecule has 0 aliphatic carbocycles. The van der Waals surface area contributed by atoms with E-state index < -0.39 is 31.7 Å². The minimum atomic E-state index is -3.96. The van der Waals surface area contributed by atoms with Gasteiger partial charge in [0.1, 0.15) is 0 Å². The van der Waals surface area contributed by atoms with Crippen molar-refractivity contribution in [3.05, 3.63) is 26.5 Å². The third-order valence-corrected chi connectivity index (χ3v) is 3.69. The third kappa shape index (κ3) is 3.27. The molecule has 0 aromatic carbocycles. The van der Waals surface area contributed by atoms with Crippen LogP contribution >= 0.6 is 0 Å². The highest BCUT2D eigenvalue weighted by atomic mass is 32.2. The lowest BCUT2D eigenvalue weighted by molar-refractivity contribution is 0.490. The minimum Gasteiger partial charge on any atom is -0.310 e. The van der Waals surface area contributed by atoms with Gasteiger partial charge in [-0.3, -0.25) is 9.78 Å². The molecule has 8 heteroatoms. The fourth-order valence-corrected chi connectivity index (χ4v) is 3.02. The maximum Gasteiger partial charge on any atom is 0.325 e. The first-order chi connectivity index (χ1) is 7.53. The molecule has 0 amide bonds. The van der Waals surface area contributed by atoms with Crippen molar-refractivity contribution in [2.24, 2.45) is 0 Å². The van der Waals surface area contributed by atoms with Gasteiger partial charge in [0.05, 0.1) is 0 Å². The van der Waals surface area contributed by atoms with Gasteiger partial charge in [-0.25, -0.2) is 17.9 Å². The average molecular weight is 261 g/mol. The van der Waals surface area contributed by atoms with Crippen molar-refractivity contribution in [1.29, 1.82) is 0 Å². The summed E-state index contributed by atoms with van der Waals surface area (Å²) in [5.74, 6) is 0. The highest BCUT2D eigenvalue weighted by molar-refractivity contribution is 7.89. The van der Waals surface area contributed by atoms with Crippen molar-refractivity contribution < 1.29 is 8.42 Å². The van der Waals surface area contributed by atoms with E-state index in [0.717, 1.165) is 0 Å². The molecule has 1 aromatic heterocycles. The van der Waals surface area contributed by atoms with Crippen LogP contribution in [0.25, 0.3) is 0 Å². The maximum absolute atomic E-state index is 11.9. The molecule has 96 valence electrons. The number of aromatic nitrogens is 2. The Morgan fingerprint density at radius 3 is 2.06 bits per heavy atom. The van der Waals surface area contributed by atoms with Crippen molar-refractivity contribution in [2.75, 3.05) is 0 Å². The molecule has 0 aliphatic heterocycles. The molecule has 1 aromatic rings. The molecule has 0 bridgehead atoms. The van der Waals surface area contributed by atoms with E-state index in [-0.39, 0.29) is 5.69 Å². The van der Waals surface area contributed by atoms with Crippen LogP contribution < -0.4 is 16.0 Å². The number of nitrogens with one attached hydrogen (secondary N) is 3. The van der Waals surface area contributed by atoms with Gasteiger partial charge in [0, 0.05) is 11.2 Å². The Hall–Kier alpha value is -1.41. The Kier molecular flexibility index (Phi) is 3.30. The van der Waals surface area contributed by atoms with E-state index in [1.165, 1.54) is 6.92 Å². The van der Waals surface area contributed by atoms with Crippen molar-refractivity contribution in [2.45, 2.75) is 38.1 Å². The van der Waals surface area contributed by atoms with Gasteiger partial charge >= 0.3 is 5.69 Å². The Morgan fingerprint density at radius 2 is 1.65 bits per heavy atom.